The number of aromatic nitrogens is 2. The number of hydrogen-bond acceptors (Lipinski definition) is 4. The van der Waals surface area contributed by atoms with E-state index in [0.717, 1.165) is 0 Å². The SMILES string of the molecule is O=C(c1nc2ccccn2c(=O)c1O)N1CC1. The summed E-state index contributed by atoms with van der Waals surface area (Å²) in [5.74, 6) is -0.989. The Balaban J connectivity index is 2.29. The molecular weight excluding hydrogens is 222 g/mol. The number of rotatable bonds is 1. The summed E-state index contributed by atoms with van der Waals surface area (Å²) in [6, 6.07) is 4.98. The highest BCUT2D eigenvalue weighted by atomic mass is 16.3. The van der Waals surface area contributed by atoms with E-state index < -0.39 is 17.2 Å². The normalized spacial score (nSPS) is 14.0. The summed E-state index contributed by atoms with van der Waals surface area (Å²) in [5, 5.41) is 9.70. The third-order valence-electron chi connectivity index (χ3n) is 2.65. The van der Waals surface area contributed by atoms with Crippen molar-refractivity contribution in [2.75, 3.05) is 13.1 Å². The second-order valence-electron chi connectivity index (χ2n) is 3.84. The van der Waals surface area contributed by atoms with Gasteiger partial charge in [0.25, 0.3) is 5.91 Å². The molecule has 1 aliphatic rings. The van der Waals surface area contributed by atoms with Gasteiger partial charge in [0.1, 0.15) is 5.65 Å². The minimum absolute atomic E-state index is 0.168. The molecule has 17 heavy (non-hydrogen) atoms. The monoisotopic (exact) mass is 231 g/mol. The van der Waals surface area contributed by atoms with Crippen molar-refractivity contribution in [2.24, 2.45) is 0 Å². The lowest BCUT2D eigenvalue weighted by Crippen LogP contribution is -2.21. The molecule has 0 saturated carbocycles. The van der Waals surface area contributed by atoms with Crippen LogP contribution in [0.15, 0.2) is 29.2 Å². The topological polar surface area (TPSA) is 74.7 Å². The minimum Gasteiger partial charge on any atom is -0.501 e. The number of nitrogens with zero attached hydrogens (tertiary/aromatic N) is 3. The van der Waals surface area contributed by atoms with Crippen molar-refractivity contribution in [3.05, 3.63) is 40.4 Å². The Morgan fingerprint density at radius 3 is 2.82 bits per heavy atom. The first-order chi connectivity index (χ1) is 8.18. The van der Waals surface area contributed by atoms with Crippen molar-refractivity contribution in [3.63, 3.8) is 0 Å². The Hall–Kier alpha value is -2.37. The van der Waals surface area contributed by atoms with Crippen LogP contribution < -0.4 is 5.56 Å². The van der Waals surface area contributed by atoms with Gasteiger partial charge in [-0.15, -0.1) is 0 Å². The van der Waals surface area contributed by atoms with E-state index in [1.165, 1.54) is 15.5 Å². The molecule has 3 rings (SSSR count). The summed E-state index contributed by atoms with van der Waals surface area (Å²) in [7, 11) is 0. The van der Waals surface area contributed by atoms with Crippen molar-refractivity contribution in [2.45, 2.75) is 0 Å². The number of aromatic hydroxyl groups is 1. The molecule has 86 valence electrons. The van der Waals surface area contributed by atoms with Crippen LogP contribution in [0.4, 0.5) is 0 Å². The molecule has 1 N–H and O–H groups in total. The predicted molar refractivity (Wildman–Crippen MR) is 59.0 cm³/mol. The van der Waals surface area contributed by atoms with Gasteiger partial charge in [-0.1, -0.05) is 6.07 Å². The van der Waals surface area contributed by atoms with Crippen LogP contribution in [-0.2, 0) is 0 Å². The van der Waals surface area contributed by atoms with E-state index >= 15 is 0 Å². The lowest BCUT2D eigenvalue weighted by atomic mass is 10.3. The molecule has 0 aromatic carbocycles. The van der Waals surface area contributed by atoms with Gasteiger partial charge in [-0.2, -0.15) is 0 Å². The summed E-state index contributed by atoms with van der Waals surface area (Å²) >= 11 is 0. The number of pyridine rings is 1. The lowest BCUT2D eigenvalue weighted by Gasteiger charge is -2.05. The number of carbonyl (C=O) groups is 1. The van der Waals surface area contributed by atoms with Crippen LogP contribution in [0, 0.1) is 0 Å². The molecule has 0 radical (unpaired) electrons. The van der Waals surface area contributed by atoms with Crippen molar-refractivity contribution in [1.29, 1.82) is 0 Å². The van der Waals surface area contributed by atoms with Crippen molar-refractivity contribution in [1.82, 2.24) is 14.3 Å². The maximum absolute atomic E-state index is 11.8. The first-order valence-electron chi connectivity index (χ1n) is 5.18. The van der Waals surface area contributed by atoms with Gasteiger partial charge in [0.2, 0.25) is 5.75 Å². The van der Waals surface area contributed by atoms with Gasteiger partial charge in [0.05, 0.1) is 0 Å². The Morgan fingerprint density at radius 1 is 1.35 bits per heavy atom. The first-order valence-corrected chi connectivity index (χ1v) is 5.18. The molecule has 0 spiro atoms. The minimum atomic E-state index is -0.624. The fourth-order valence-corrected chi connectivity index (χ4v) is 1.63. The van der Waals surface area contributed by atoms with E-state index in [2.05, 4.69) is 4.98 Å². The third kappa shape index (κ3) is 1.45. The number of amides is 1. The number of hydrogen-bond donors (Lipinski definition) is 1. The zero-order chi connectivity index (χ0) is 12.0. The molecule has 0 atom stereocenters. The van der Waals surface area contributed by atoms with Gasteiger partial charge >= 0.3 is 5.56 Å². The summed E-state index contributed by atoms with van der Waals surface area (Å²) in [5.41, 5.74) is -0.444. The molecule has 6 nitrogen and oxygen atoms in total. The molecule has 0 unspecified atom stereocenters. The summed E-state index contributed by atoms with van der Waals surface area (Å²) < 4.78 is 1.20. The van der Waals surface area contributed by atoms with Crippen LogP contribution in [0.25, 0.3) is 5.65 Å². The van der Waals surface area contributed by atoms with Crippen LogP contribution >= 0.6 is 0 Å². The highest BCUT2D eigenvalue weighted by Gasteiger charge is 2.30. The zero-order valence-corrected chi connectivity index (χ0v) is 8.83. The Kier molecular flexibility index (Phi) is 1.91. The van der Waals surface area contributed by atoms with E-state index in [-0.39, 0.29) is 5.69 Å². The molecule has 3 heterocycles. The van der Waals surface area contributed by atoms with Gasteiger partial charge in [-0.25, -0.2) is 4.98 Å². The smallest absolute Gasteiger partial charge is 0.300 e. The fourth-order valence-electron chi connectivity index (χ4n) is 1.63. The van der Waals surface area contributed by atoms with Crippen LogP contribution in [0.5, 0.6) is 5.75 Å². The molecule has 6 heteroatoms. The molecule has 2 aromatic rings. The predicted octanol–water partition coefficient (Wildman–Crippen LogP) is -0.144. The van der Waals surface area contributed by atoms with Gasteiger partial charge in [-0.05, 0) is 12.1 Å². The highest BCUT2D eigenvalue weighted by molar-refractivity contribution is 5.96. The largest absolute Gasteiger partial charge is 0.501 e. The summed E-state index contributed by atoms with van der Waals surface area (Å²) in [6.07, 6.45) is 1.50. The molecule has 0 aliphatic carbocycles. The van der Waals surface area contributed by atoms with Crippen LogP contribution in [-0.4, -0.2) is 38.4 Å². The van der Waals surface area contributed by atoms with Crippen molar-refractivity contribution < 1.29 is 9.90 Å². The zero-order valence-electron chi connectivity index (χ0n) is 8.83. The Morgan fingerprint density at radius 2 is 2.12 bits per heavy atom. The molecule has 1 saturated heterocycles. The highest BCUT2D eigenvalue weighted by Crippen LogP contribution is 2.16. The van der Waals surface area contributed by atoms with Crippen molar-refractivity contribution >= 4 is 11.6 Å². The van der Waals surface area contributed by atoms with Crippen LogP contribution in [0.1, 0.15) is 10.5 Å². The average Bonchev–Trinajstić information content (AvgIpc) is 3.17. The van der Waals surface area contributed by atoms with Crippen molar-refractivity contribution in [3.8, 4) is 5.75 Å². The first kappa shape index (κ1) is 9.83. The maximum Gasteiger partial charge on any atom is 0.300 e. The van der Waals surface area contributed by atoms with Gasteiger partial charge in [-0.3, -0.25) is 14.0 Å². The average molecular weight is 231 g/mol. The molecule has 1 fully saturated rings. The van der Waals surface area contributed by atoms with E-state index in [1.54, 1.807) is 18.2 Å². The molecular formula is C11H9N3O3. The second kappa shape index (κ2) is 3.31. The van der Waals surface area contributed by atoms with E-state index in [0.29, 0.717) is 18.7 Å². The second-order valence-corrected chi connectivity index (χ2v) is 3.84. The number of carbonyl (C=O) groups excluding carboxylic acids is 1. The van der Waals surface area contributed by atoms with E-state index in [1.807, 2.05) is 0 Å². The van der Waals surface area contributed by atoms with Gasteiger partial charge < -0.3 is 10.0 Å². The summed E-state index contributed by atoms with van der Waals surface area (Å²) in [4.78, 5) is 29.1. The molecule has 0 bridgehead atoms. The van der Waals surface area contributed by atoms with Gasteiger partial charge in [0.15, 0.2) is 5.69 Å². The standard InChI is InChI=1S/C11H9N3O3/c15-9-8(10(16)13-5-6-13)12-7-3-1-2-4-14(7)11(9)17/h1-4,15H,5-6H2. The van der Waals surface area contributed by atoms with Crippen LogP contribution in [0.3, 0.4) is 0 Å². The van der Waals surface area contributed by atoms with E-state index in [9.17, 15) is 14.7 Å². The van der Waals surface area contributed by atoms with Crippen LogP contribution in [0.2, 0.25) is 0 Å². The quantitative estimate of drug-likeness (QED) is 0.693. The Labute approximate surface area is 95.7 Å². The number of fused-ring (bicyclic) bond motifs is 1. The fraction of sp³-hybridized carbons (Fsp3) is 0.182. The lowest BCUT2D eigenvalue weighted by molar-refractivity contribution is 0.0877. The molecule has 1 amide bonds. The van der Waals surface area contributed by atoms with E-state index in [4.69, 9.17) is 0 Å². The summed E-state index contributed by atoms with van der Waals surface area (Å²) in [6.45, 7) is 1.29. The third-order valence-corrected chi connectivity index (χ3v) is 2.65. The maximum atomic E-state index is 11.8. The molecule has 2 aromatic heterocycles. The van der Waals surface area contributed by atoms with Gasteiger partial charge in [0, 0.05) is 19.3 Å². The Bertz CT molecular complexity index is 673. The molecule has 1 aliphatic heterocycles.